The van der Waals surface area contributed by atoms with Crippen molar-refractivity contribution >= 4 is 17.7 Å². The molecule has 1 saturated heterocycles. The van der Waals surface area contributed by atoms with Gasteiger partial charge in [-0.1, -0.05) is 0 Å². The van der Waals surface area contributed by atoms with Gasteiger partial charge in [-0.05, 0) is 58.1 Å². The number of carbonyl (C=O) groups excluding carboxylic acids is 1. The van der Waals surface area contributed by atoms with Crippen LogP contribution >= 0.6 is 11.8 Å². The van der Waals surface area contributed by atoms with Gasteiger partial charge in [0.05, 0.1) is 11.2 Å². The average Bonchev–Trinajstić information content (AvgIpc) is 2.72. The molecule has 0 atom stereocenters. The fraction of sp³-hybridized carbons (Fsp3) is 0.688. The molecular formula is C16H26N2O2S. The summed E-state index contributed by atoms with van der Waals surface area (Å²) in [6.45, 7) is 8.58. The fourth-order valence-electron chi connectivity index (χ4n) is 3.07. The van der Waals surface area contributed by atoms with E-state index in [1.165, 1.54) is 0 Å². The van der Waals surface area contributed by atoms with Crippen molar-refractivity contribution in [2.24, 2.45) is 0 Å². The maximum absolute atomic E-state index is 12.4. The van der Waals surface area contributed by atoms with Crippen LogP contribution in [0.4, 0.5) is 0 Å². The van der Waals surface area contributed by atoms with Crippen molar-refractivity contribution in [2.75, 3.05) is 18.1 Å². The molecule has 1 aromatic heterocycles. The Kier molecular flexibility index (Phi) is 5.04. The molecule has 0 saturated carbocycles. The molecular weight excluding hydrogens is 284 g/mol. The number of hydrogen-bond acceptors (Lipinski definition) is 3. The van der Waals surface area contributed by atoms with Gasteiger partial charge in [-0.15, -0.1) is 0 Å². The van der Waals surface area contributed by atoms with E-state index in [-0.39, 0.29) is 5.91 Å². The molecule has 0 spiro atoms. The van der Waals surface area contributed by atoms with Crippen LogP contribution < -0.4 is 5.32 Å². The summed E-state index contributed by atoms with van der Waals surface area (Å²) in [4.78, 5) is 12.4. The first-order valence-corrected chi connectivity index (χ1v) is 8.76. The quantitative estimate of drug-likeness (QED) is 0.899. The maximum atomic E-state index is 12.4. The number of amides is 1. The summed E-state index contributed by atoms with van der Waals surface area (Å²) >= 11 is 1.86. The lowest BCUT2D eigenvalue weighted by Crippen LogP contribution is -2.45. The Labute approximate surface area is 131 Å². The van der Waals surface area contributed by atoms with Crippen molar-refractivity contribution in [1.82, 2.24) is 9.88 Å². The highest BCUT2D eigenvalue weighted by Crippen LogP contribution is 2.26. The first-order valence-electron chi connectivity index (χ1n) is 7.61. The van der Waals surface area contributed by atoms with Crippen molar-refractivity contribution in [3.63, 3.8) is 0 Å². The summed E-state index contributed by atoms with van der Waals surface area (Å²) in [7, 11) is 0. The lowest BCUT2D eigenvalue weighted by molar-refractivity contribution is 0.0311. The highest BCUT2D eigenvalue weighted by Gasteiger charge is 2.30. The van der Waals surface area contributed by atoms with Gasteiger partial charge in [0.15, 0.2) is 0 Å². The van der Waals surface area contributed by atoms with Crippen LogP contribution in [-0.2, 0) is 0 Å². The lowest BCUT2D eigenvalue weighted by Gasteiger charge is -2.31. The third-order valence-electron chi connectivity index (χ3n) is 4.25. The van der Waals surface area contributed by atoms with E-state index < -0.39 is 5.60 Å². The monoisotopic (exact) mass is 310 g/mol. The molecule has 1 fully saturated rings. The Balaban J connectivity index is 2.05. The van der Waals surface area contributed by atoms with E-state index in [9.17, 15) is 9.90 Å². The molecule has 0 aliphatic carbocycles. The predicted molar refractivity (Wildman–Crippen MR) is 88.1 cm³/mol. The third-order valence-corrected chi connectivity index (χ3v) is 5.23. The normalized spacial score (nSPS) is 18.0. The van der Waals surface area contributed by atoms with Crippen LogP contribution in [0.15, 0.2) is 6.07 Å². The predicted octanol–water partition coefficient (Wildman–Crippen LogP) is 2.67. The van der Waals surface area contributed by atoms with Gasteiger partial charge in [-0.3, -0.25) is 4.79 Å². The zero-order valence-corrected chi connectivity index (χ0v) is 14.2. The second-order valence-electron chi connectivity index (χ2n) is 6.27. The standard InChI is InChI=1S/C16H26N2O2S/c1-11(2)18-12(3)9-14(13(18)4)15(19)17-10-16(20)5-7-21-8-6-16/h9,11,20H,5-8,10H2,1-4H3,(H,17,19). The summed E-state index contributed by atoms with van der Waals surface area (Å²) in [5.41, 5.74) is 2.08. The number of nitrogens with one attached hydrogen (secondary N) is 1. The largest absolute Gasteiger partial charge is 0.388 e. The number of aliphatic hydroxyl groups is 1. The molecule has 0 unspecified atom stereocenters. The van der Waals surface area contributed by atoms with Crippen molar-refractivity contribution < 1.29 is 9.90 Å². The highest BCUT2D eigenvalue weighted by atomic mass is 32.2. The van der Waals surface area contributed by atoms with Crippen LogP contribution in [0.25, 0.3) is 0 Å². The highest BCUT2D eigenvalue weighted by molar-refractivity contribution is 7.99. The minimum atomic E-state index is -0.732. The smallest absolute Gasteiger partial charge is 0.253 e. The molecule has 0 radical (unpaired) electrons. The molecule has 0 bridgehead atoms. The molecule has 1 aliphatic rings. The number of rotatable bonds is 4. The summed E-state index contributed by atoms with van der Waals surface area (Å²) in [5.74, 6) is 1.85. The van der Waals surface area contributed by atoms with E-state index in [2.05, 4.69) is 23.7 Å². The maximum Gasteiger partial charge on any atom is 0.253 e. The molecule has 5 heteroatoms. The van der Waals surface area contributed by atoms with Crippen molar-refractivity contribution in [1.29, 1.82) is 0 Å². The SMILES string of the molecule is Cc1cc(C(=O)NCC2(O)CCSCC2)c(C)n1C(C)C. The van der Waals surface area contributed by atoms with E-state index in [1.807, 2.05) is 31.7 Å². The Morgan fingerprint density at radius 3 is 2.57 bits per heavy atom. The molecule has 2 heterocycles. The van der Waals surface area contributed by atoms with Gasteiger partial charge in [0.1, 0.15) is 0 Å². The number of nitrogens with zero attached hydrogens (tertiary/aromatic N) is 1. The minimum absolute atomic E-state index is 0.0818. The van der Waals surface area contributed by atoms with Gasteiger partial charge < -0.3 is 15.0 Å². The van der Waals surface area contributed by atoms with E-state index in [4.69, 9.17) is 0 Å². The molecule has 2 N–H and O–H groups in total. The van der Waals surface area contributed by atoms with Gasteiger partial charge in [-0.25, -0.2) is 0 Å². The van der Waals surface area contributed by atoms with Crippen molar-refractivity contribution in [2.45, 2.75) is 52.2 Å². The lowest BCUT2D eigenvalue weighted by atomic mass is 9.97. The fourth-order valence-corrected chi connectivity index (χ4v) is 4.32. The van der Waals surface area contributed by atoms with Gasteiger partial charge >= 0.3 is 0 Å². The number of carbonyl (C=O) groups is 1. The van der Waals surface area contributed by atoms with Gasteiger partial charge in [0, 0.05) is 24.0 Å². The zero-order valence-electron chi connectivity index (χ0n) is 13.4. The van der Waals surface area contributed by atoms with Crippen LogP contribution in [0, 0.1) is 13.8 Å². The zero-order chi connectivity index (χ0) is 15.6. The first-order chi connectivity index (χ1) is 9.84. The third kappa shape index (κ3) is 3.64. The van der Waals surface area contributed by atoms with Crippen LogP contribution in [0.2, 0.25) is 0 Å². The number of aryl methyl sites for hydroxylation is 1. The number of aromatic nitrogens is 1. The molecule has 4 nitrogen and oxygen atoms in total. The van der Waals surface area contributed by atoms with Crippen molar-refractivity contribution in [3.8, 4) is 0 Å². The van der Waals surface area contributed by atoms with Crippen LogP contribution in [-0.4, -0.2) is 39.2 Å². The Bertz CT molecular complexity index is 517. The van der Waals surface area contributed by atoms with Crippen LogP contribution in [0.1, 0.15) is 54.5 Å². The van der Waals surface area contributed by atoms with Crippen LogP contribution in [0.5, 0.6) is 0 Å². The minimum Gasteiger partial charge on any atom is -0.388 e. The molecule has 2 rings (SSSR count). The van der Waals surface area contributed by atoms with E-state index in [0.717, 1.165) is 41.3 Å². The second-order valence-corrected chi connectivity index (χ2v) is 7.49. The van der Waals surface area contributed by atoms with Gasteiger partial charge in [0.25, 0.3) is 5.91 Å². The Morgan fingerprint density at radius 1 is 1.43 bits per heavy atom. The van der Waals surface area contributed by atoms with E-state index in [0.29, 0.717) is 12.6 Å². The van der Waals surface area contributed by atoms with E-state index in [1.54, 1.807) is 0 Å². The summed E-state index contributed by atoms with van der Waals surface area (Å²) < 4.78 is 2.17. The van der Waals surface area contributed by atoms with Crippen LogP contribution in [0.3, 0.4) is 0 Å². The average molecular weight is 310 g/mol. The topological polar surface area (TPSA) is 54.3 Å². The first kappa shape index (κ1) is 16.4. The molecule has 0 aromatic carbocycles. The summed E-state index contributed by atoms with van der Waals surface area (Å²) in [5, 5.41) is 13.4. The number of thioether (sulfide) groups is 1. The number of hydrogen-bond donors (Lipinski definition) is 2. The van der Waals surface area contributed by atoms with Gasteiger partial charge in [-0.2, -0.15) is 11.8 Å². The molecule has 1 aromatic rings. The Morgan fingerprint density at radius 2 is 2.05 bits per heavy atom. The molecule has 118 valence electrons. The second kappa shape index (κ2) is 6.44. The Hall–Kier alpha value is -0.940. The van der Waals surface area contributed by atoms with Gasteiger partial charge in [0.2, 0.25) is 0 Å². The summed E-state index contributed by atoms with van der Waals surface area (Å²) in [6.07, 6.45) is 1.51. The summed E-state index contributed by atoms with van der Waals surface area (Å²) in [6, 6.07) is 2.27. The molecule has 1 amide bonds. The van der Waals surface area contributed by atoms with E-state index >= 15 is 0 Å². The van der Waals surface area contributed by atoms with Crippen molar-refractivity contribution in [3.05, 3.63) is 23.0 Å². The molecule has 21 heavy (non-hydrogen) atoms. The molecule has 1 aliphatic heterocycles.